The van der Waals surface area contributed by atoms with E-state index >= 15 is 0 Å². The number of nitrogens with one attached hydrogen (secondary N) is 2. The highest BCUT2D eigenvalue weighted by Crippen LogP contribution is 2.29. The zero-order valence-corrected chi connectivity index (χ0v) is 13.4. The predicted octanol–water partition coefficient (Wildman–Crippen LogP) is 2.44. The SMILES string of the molecule is Cl.O=C(Nc1cc(F)c(F)c(F)c1)C1(n2cccn2)CCNCC1. The van der Waals surface area contributed by atoms with Gasteiger partial charge >= 0.3 is 0 Å². The number of halogens is 4. The Morgan fingerprint density at radius 2 is 1.83 bits per heavy atom. The molecule has 0 atom stereocenters. The summed E-state index contributed by atoms with van der Waals surface area (Å²) in [4.78, 5) is 12.8. The van der Waals surface area contributed by atoms with E-state index in [1.54, 1.807) is 23.1 Å². The monoisotopic (exact) mass is 360 g/mol. The Bertz CT molecular complexity index is 695. The molecule has 0 unspecified atom stereocenters. The lowest BCUT2D eigenvalue weighted by Gasteiger charge is -2.36. The van der Waals surface area contributed by atoms with Gasteiger partial charge in [0.25, 0.3) is 5.91 Å². The molecular formula is C15H16ClF3N4O. The zero-order chi connectivity index (χ0) is 16.4. The normalized spacial score (nSPS) is 16.3. The van der Waals surface area contributed by atoms with E-state index in [1.807, 2.05) is 0 Å². The van der Waals surface area contributed by atoms with Gasteiger partial charge in [0.1, 0.15) is 5.54 Å². The van der Waals surface area contributed by atoms with Gasteiger partial charge in [0.05, 0.1) is 0 Å². The van der Waals surface area contributed by atoms with Gasteiger partial charge in [-0.2, -0.15) is 5.10 Å². The second-order valence-corrected chi connectivity index (χ2v) is 5.44. The number of hydrogen-bond acceptors (Lipinski definition) is 3. The standard InChI is InChI=1S/C15H15F3N4O.ClH/c16-11-8-10(9-12(17)13(11)18)21-14(23)15(2-5-19-6-3-15)22-7-1-4-20-22;/h1,4,7-9,19H,2-3,5-6H2,(H,21,23);1H. The molecule has 1 fully saturated rings. The molecule has 5 nitrogen and oxygen atoms in total. The lowest BCUT2D eigenvalue weighted by Crippen LogP contribution is -2.52. The van der Waals surface area contributed by atoms with Crippen LogP contribution in [0, 0.1) is 17.5 Å². The zero-order valence-electron chi connectivity index (χ0n) is 12.6. The number of hydrogen-bond donors (Lipinski definition) is 2. The Morgan fingerprint density at radius 3 is 2.38 bits per heavy atom. The first-order valence-corrected chi connectivity index (χ1v) is 7.20. The van der Waals surface area contributed by atoms with Gasteiger partial charge in [-0.05, 0) is 32.0 Å². The van der Waals surface area contributed by atoms with E-state index in [2.05, 4.69) is 15.7 Å². The molecule has 1 saturated heterocycles. The summed E-state index contributed by atoms with van der Waals surface area (Å²) in [7, 11) is 0. The average molecular weight is 361 g/mol. The van der Waals surface area contributed by atoms with E-state index in [9.17, 15) is 18.0 Å². The van der Waals surface area contributed by atoms with Crippen molar-refractivity contribution in [2.24, 2.45) is 0 Å². The Labute approximate surface area is 142 Å². The average Bonchev–Trinajstić information content (AvgIpc) is 3.08. The van der Waals surface area contributed by atoms with Crippen LogP contribution < -0.4 is 10.6 Å². The molecule has 0 saturated carbocycles. The van der Waals surface area contributed by atoms with Crippen molar-refractivity contribution >= 4 is 24.0 Å². The van der Waals surface area contributed by atoms with Crippen LogP contribution in [0.15, 0.2) is 30.6 Å². The Kier molecular flexibility index (Phi) is 5.51. The molecule has 9 heteroatoms. The minimum Gasteiger partial charge on any atom is -0.324 e. The minimum absolute atomic E-state index is 0. The number of aromatic nitrogens is 2. The van der Waals surface area contributed by atoms with Crippen LogP contribution in [0.4, 0.5) is 18.9 Å². The van der Waals surface area contributed by atoms with Gasteiger partial charge in [0.15, 0.2) is 17.5 Å². The fourth-order valence-corrected chi connectivity index (χ4v) is 2.80. The second kappa shape index (κ2) is 7.23. The van der Waals surface area contributed by atoms with Crippen molar-refractivity contribution in [1.29, 1.82) is 0 Å². The highest BCUT2D eigenvalue weighted by Gasteiger charge is 2.42. The number of anilines is 1. The molecule has 24 heavy (non-hydrogen) atoms. The number of benzene rings is 1. The maximum atomic E-state index is 13.3. The van der Waals surface area contributed by atoms with Crippen molar-refractivity contribution in [3.63, 3.8) is 0 Å². The summed E-state index contributed by atoms with van der Waals surface area (Å²) in [5, 5.41) is 9.77. The molecule has 1 aliphatic rings. The third kappa shape index (κ3) is 3.25. The summed E-state index contributed by atoms with van der Waals surface area (Å²) in [6.45, 7) is 1.22. The molecular weight excluding hydrogens is 345 g/mol. The van der Waals surface area contributed by atoms with Crippen LogP contribution in [0.25, 0.3) is 0 Å². The Balaban J connectivity index is 0.00000208. The van der Waals surface area contributed by atoms with Gasteiger partial charge in [0.2, 0.25) is 0 Å². The molecule has 0 radical (unpaired) electrons. The molecule has 0 aliphatic carbocycles. The largest absolute Gasteiger partial charge is 0.324 e. The number of piperidine rings is 1. The molecule has 0 spiro atoms. The van der Waals surface area contributed by atoms with E-state index in [4.69, 9.17) is 0 Å². The lowest BCUT2D eigenvalue weighted by molar-refractivity contribution is -0.126. The van der Waals surface area contributed by atoms with Crippen molar-refractivity contribution in [1.82, 2.24) is 15.1 Å². The van der Waals surface area contributed by atoms with Crippen molar-refractivity contribution in [3.05, 3.63) is 48.0 Å². The van der Waals surface area contributed by atoms with Crippen LogP contribution in [0.3, 0.4) is 0 Å². The molecule has 1 aliphatic heterocycles. The van der Waals surface area contributed by atoms with E-state index in [0.717, 1.165) is 12.1 Å². The summed E-state index contributed by atoms with van der Waals surface area (Å²) in [6.07, 6.45) is 4.20. The molecule has 1 aromatic carbocycles. The second-order valence-electron chi connectivity index (χ2n) is 5.44. The highest BCUT2D eigenvalue weighted by atomic mass is 35.5. The summed E-state index contributed by atoms with van der Waals surface area (Å²) in [6, 6.07) is 3.22. The summed E-state index contributed by atoms with van der Waals surface area (Å²) >= 11 is 0. The van der Waals surface area contributed by atoms with Crippen molar-refractivity contribution < 1.29 is 18.0 Å². The van der Waals surface area contributed by atoms with Crippen molar-refractivity contribution in [3.8, 4) is 0 Å². The van der Waals surface area contributed by atoms with Crippen LogP contribution in [0.2, 0.25) is 0 Å². The summed E-state index contributed by atoms with van der Waals surface area (Å²) in [5.41, 5.74) is -1.08. The fourth-order valence-electron chi connectivity index (χ4n) is 2.80. The van der Waals surface area contributed by atoms with Crippen LogP contribution >= 0.6 is 12.4 Å². The molecule has 2 aromatic rings. The van der Waals surface area contributed by atoms with E-state index in [-0.39, 0.29) is 18.1 Å². The van der Waals surface area contributed by atoms with Crippen LogP contribution in [-0.4, -0.2) is 28.8 Å². The quantitative estimate of drug-likeness (QED) is 0.827. The molecule has 1 amide bonds. The van der Waals surface area contributed by atoms with E-state index < -0.39 is 28.9 Å². The molecule has 2 N–H and O–H groups in total. The van der Waals surface area contributed by atoms with Crippen LogP contribution in [-0.2, 0) is 10.3 Å². The highest BCUT2D eigenvalue weighted by molar-refractivity contribution is 5.96. The van der Waals surface area contributed by atoms with E-state index in [0.29, 0.717) is 25.9 Å². The summed E-state index contributed by atoms with van der Waals surface area (Å²) in [5.74, 6) is -4.70. The number of amides is 1. The number of rotatable bonds is 3. The number of carbonyl (C=O) groups is 1. The first-order valence-electron chi connectivity index (χ1n) is 7.20. The van der Waals surface area contributed by atoms with Crippen LogP contribution in [0.5, 0.6) is 0 Å². The maximum Gasteiger partial charge on any atom is 0.252 e. The van der Waals surface area contributed by atoms with Crippen molar-refractivity contribution in [2.45, 2.75) is 18.4 Å². The molecule has 0 bridgehead atoms. The number of nitrogens with zero attached hydrogens (tertiary/aromatic N) is 2. The maximum absolute atomic E-state index is 13.3. The Hall–Kier alpha value is -2.06. The smallest absolute Gasteiger partial charge is 0.252 e. The van der Waals surface area contributed by atoms with Crippen molar-refractivity contribution in [2.75, 3.05) is 18.4 Å². The lowest BCUT2D eigenvalue weighted by atomic mass is 9.87. The molecule has 3 rings (SSSR count). The third-order valence-electron chi connectivity index (χ3n) is 4.04. The summed E-state index contributed by atoms with van der Waals surface area (Å²) < 4.78 is 41.2. The first kappa shape index (κ1) is 18.3. The van der Waals surface area contributed by atoms with Gasteiger partial charge in [-0.25, -0.2) is 13.2 Å². The third-order valence-corrected chi connectivity index (χ3v) is 4.04. The van der Waals surface area contributed by atoms with E-state index in [1.165, 1.54) is 0 Å². The molecule has 1 aromatic heterocycles. The van der Waals surface area contributed by atoms with Gasteiger partial charge in [-0.15, -0.1) is 12.4 Å². The molecule has 2 heterocycles. The van der Waals surface area contributed by atoms with Gasteiger partial charge < -0.3 is 10.6 Å². The minimum atomic E-state index is -1.56. The van der Waals surface area contributed by atoms with Gasteiger partial charge in [-0.3, -0.25) is 9.48 Å². The Morgan fingerprint density at radius 1 is 1.21 bits per heavy atom. The number of carbonyl (C=O) groups excluding carboxylic acids is 1. The van der Waals surface area contributed by atoms with Gasteiger partial charge in [0, 0.05) is 30.2 Å². The first-order chi connectivity index (χ1) is 11.0. The molecule has 130 valence electrons. The fraction of sp³-hybridized carbons (Fsp3) is 0.333. The topological polar surface area (TPSA) is 59.0 Å². The van der Waals surface area contributed by atoms with Crippen LogP contribution in [0.1, 0.15) is 12.8 Å². The predicted molar refractivity (Wildman–Crippen MR) is 84.5 cm³/mol. The van der Waals surface area contributed by atoms with Gasteiger partial charge in [-0.1, -0.05) is 0 Å².